The number of carbonyl (C=O) groups is 1. The van der Waals surface area contributed by atoms with Crippen LogP contribution in [0.4, 0.5) is 5.69 Å². The van der Waals surface area contributed by atoms with Gasteiger partial charge in [0.2, 0.25) is 0 Å². The van der Waals surface area contributed by atoms with Crippen LogP contribution in [0.15, 0.2) is 60.7 Å². The fourth-order valence-electron chi connectivity index (χ4n) is 2.83. The van der Waals surface area contributed by atoms with Crippen LogP contribution in [0.1, 0.15) is 27.0 Å². The Morgan fingerprint density at radius 3 is 2.31 bits per heavy atom. The molecule has 0 fully saturated rings. The maximum absolute atomic E-state index is 11.0. The largest absolute Gasteiger partial charge is 0.486 e. The number of ether oxygens (including phenoxy) is 1. The van der Waals surface area contributed by atoms with Crippen LogP contribution in [0, 0.1) is 21.4 Å². The Bertz CT molecular complexity index is 1240. The molecule has 0 spiro atoms. The molecule has 7 nitrogen and oxygen atoms in total. The average Bonchev–Trinajstić information content (AvgIpc) is 2.77. The molecule has 160 valence electrons. The van der Waals surface area contributed by atoms with Crippen LogP contribution in [0.25, 0.3) is 11.6 Å². The molecule has 32 heavy (non-hydrogen) atoms. The molecule has 3 rings (SSSR count). The minimum Gasteiger partial charge on any atom is -0.486 e. The van der Waals surface area contributed by atoms with Crippen molar-refractivity contribution in [1.29, 1.82) is 5.26 Å². The van der Waals surface area contributed by atoms with Gasteiger partial charge in [0.1, 0.15) is 6.61 Å². The number of benzene rings is 3. The Kier molecular flexibility index (Phi) is 7.11. The summed E-state index contributed by atoms with van der Waals surface area (Å²) in [6.07, 6.45) is 1.52. The number of carboxylic acid groups (broad SMARTS) is 1. The highest BCUT2D eigenvalue weighted by atomic mass is 35.5. The third-order valence-corrected chi connectivity index (χ3v) is 4.97. The first-order chi connectivity index (χ1) is 15.3. The molecule has 0 amide bonds. The van der Waals surface area contributed by atoms with Gasteiger partial charge in [0, 0.05) is 12.1 Å². The van der Waals surface area contributed by atoms with Crippen LogP contribution in [0.2, 0.25) is 10.0 Å². The third-order valence-electron chi connectivity index (χ3n) is 4.40. The Labute approximate surface area is 192 Å². The normalized spacial score (nSPS) is 11.0. The lowest BCUT2D eigenvalue weighted by atomic mass is 10.0. The summed E-state index contributed by atoms with van der Waals surface area (Å²) in [7, 11) is 0. The zero-order chi connectivity index (χ0) is 23.3. The Balaban J connectivity index is 1.83. The SMILES string of the molecule is N#C/C(=C/c1cc(Cl)c(OCc2ccc(C(=O)O)cc2)c(Cl)c1)c1cccc([N+](=O)[O-])c1. The summed E-state index contributed by atoms with van der Waals surface area (Å²) in [5.74, 6) is -0.782. The van der Waals surface area contributed by atoms with Crippen molar-refractivity contribution in [2.75, 3.05) is 0 Å². The lowest BCUT2D eigenvalue weighted by Crippen LogP contribution is -1.99. The summed E-state index contributed by atoms with van der Waals surface area (Å²) in [5, 5.41) is 29.9. The number of hydrogen-bond acceptors (Lipinski definition) is 5. The van der Waals surface area contributed by atoms with E-state index in [0.29, 0.717) is 11.1 Å². The molecular weight excluding hydrogens is 455 g/mol. The molecule has 0 aliphatic rings. The molecule has 0 saturated carbocycles. The summed E-state index contributed by atoms with van der Waals surface area (Å²) < 4.78 is 5.70. The van der Waals surface area contributed by atoms with Crippen molar-refractivity contribution in [3.63, 3.8) is 0 Å². The summed E-state index contributed by atoms with van der Waals surface area (Å²) in [6.45, 7) is 0.117. The Morgan fingerprint density at radius 1 is 1.09 bits per heavy atom. The minimum atomic E-state index is -1.02. The highest BCUT2D eigenvalue weighted by Crippen LogP contribution is 2.36. The number of carboxylic acids is 1. The zero-order valence-electron chi connectivity index (χ0n) is 16.3. The van der Waals surface area contributed by atoms with E-state index in [9.17, 15) is 20.2 Å². The van der Waals surface area contributed by atoms with E-state index in [2.05, 4.69) is 0 Å². The third kappa shape index (κ3) is 5.43. The van der Waals surface area contributed by atoms with Crippen LogP contribution in [-0.2, 0) is 6.61 Å². The molecule has 3 aromatic rings. The number of non-ortho nitro benzene ring substituents is 1. The quantitative estimate of drug-likeness (QED) is 0.190. The highest BCUT2D eigenvalue weighted by Gasteiger charge is 2.13. The van der Waals surface area contributed by atoms with Crippen molar-refractivity contribution in [2.24, 2.45) is 0 Å². The average molecular weight is 469 g/mol. The second-order valence-electron chi connectivity index (χ2n) is 6.58. The van der Waals surface area contributed by atoms with E-state index >= 15 is 0 Å². The topological polar surface area (TPSA) is 113 Å². The van der Waals surface area contributed by atoms with Crippen molar-refractivity contribution >= 4 is 46.5 Å². The van der Waals surface area contributed by atoms with Gasteiger partial charge < -0.3 is 9.84 Å². The molecule has 1 N–H and O–H groups in total. The summed E-state index contributed by atoms with van der Waals surface area (Å²) in [6, 6.07) is 17.1. The second-order valence-corrected chi connectivity index (χ2v) is 7.40. The summed E-state index contributed by atoms with van der Waals surface area (Å²) in [4.78, 5) is 21.4. The first kappa shape index (κ1) is 22.8. The van der Waals surface area contributed by atoms with Crippen LogP contribution < -0.4 is 4.74 Å². The first-order valence-electron chi connectivity index (χ1n) is 9.09. The van der Waals surface area contributed by atoms with Crippen molar-refractivity contribution < 1.29 is 19.6 Å². The van der Waals surface area contributed by atoms with Gasteiger partial charge in [-0.15, -0.1) is 0 Å². The summed E-state index contributed by atoms with van der Waals surface area (Å²) in [5.41, 5.74) is 1.87. The Hall–Kier alpha value is -3.86. The standard InChI is InChI=1S/C23H14Cl2N2O5/c24-20-9-15(8-18(12-26)17-2-1-3-19(11-17)27(30)31)10-21(25)22(20)32-13-14-4-6-16(7-5-14)23(28)29/h1-11H,13H2,(H,28,29)/b18-8-. The monoisotopic (exact) mass is 468 g/mol. The van der Waals surface area contributed by atoms with Crippen molar-refractivity contribution in [1.82, 2.24) is 0 Å². The molecular formula is C23H14Cl2N2O5. The van der Waals surface area contributed by atoms with Gasteiger partial charge in [-0.3, -0.25) is 10.1 Å². The number of nitrogens with zero attached hydrogens (tertiary/aromatic N) is 2. The molecule has 3 aromatic carbocycles. The van der Waals surface area contributed by atoms with E-state index in [1.807, 2.05) is 6.07 Å². The number of nitro groups is 1. The minimum absolute atomic E-state index is 0.117. The van der Waals surface area contributed by atoms with Crippen molar-refractivity contribution in [3.05, 3.63) is 103 Å². The molecule has 0 aliphatic carbocycles. The van der Waals surface area contributed by atoms with Crippen molar-refractivity contribution in [2.45, 2.75) is 6.61 Å². The molecule has 0 bridgehead atoms. The van der Waals surface area contributed by atoms with E-state index < -0.39 is 10.9 Å². The fourth-order valence-corrected chi connectivity index (χ4v) is 3.45. The van der Waals surface area contributed by atoms with E-state index in [0.717, 1.165) is 5.56 Å². The number of allylic oxidation sites excluding steroid dienone is 1. The van der Waals surface area contributed by atoms with Gasteiger partial charge in [0.15, 0.2) is 5.75 Å². The number of aromatic carboxylic acids is 1. The number of hydrogen-bond donors (Lipinski definition) is 1. The molecule has 0 aromatic heterocycles. The van der Waals surface area contributed by atoms with Crippen LogP contribution in [0.3, 0.4) is 0 Å². The van der Waals surface area contributed by atoms with Crippen LogP contribution >= 0.6 is 23.2 Å². The number of rotatable bonds is 7. The van der Waals surface area contributed by atoms with E-state index in [1.54, 1.807) is 30.3 Å². The maximum atomic E-state index is 11.0. The molecule has 0 unspecified atom stereocenters. The summed E-state index contributed by atoms with van der Waals surface area (Å²) >= 11 is 12.6. The smallest absolute Gasteiger partial charge is 0.335 e. The molecule has 0 saturated heterocycles. The Morgan fingerprint density at radius 2 is 1.75 bits per heavy atom. The second kappa shape index (κ2) is 9.96. The van der Waals surface area contributed by atoms with Gasteiger partial charge in [-0.2, -0.15) is 5.26 Å². The predicted octanol–water partition coefficient (Wildman–Crippen LogP) is 6.24. The van der Waals surface area contributed by atoms with E-state index in [4.69, 9.17) is 33.0 Å². The number of halogens is 2. The number of nitriles is 1. The molecule has 9 heteroatoms. The lowest BCUT2D eigenvalue weighted by molar-refractivity contribution is -0.384. The van der Waals surface area contributed by atoms with Gasteiger partial charge >= 0.3 is 5.97 Å². The predicted molar refractivity (Wildman–Crippen MR) is 121 cm³/mol. The van der Waals surface area contributed by atoms with Gasteiger partial charge in [-0.25, -0.2) is 4.79 Å². The zero-order valence-corrected chi connectivity index (χ0v) is 17.8. The van der Waals surface area contributed by atoms with Gasteiger partial charge in [-0.05, 0) is 47.0 Å². The van der Waals surface area contributed by atoms with Crippen molar-refractivity contribution in [3.8, 4) is 11.8 Å². The maximum Gasteiger partial charge on any atom is 0.335 e. The number of nitro benzene ring substituents is 1. The van der Waals surface area contributed by atoms with Gasteiger partial charge in [-0.1, -0.05) is 47.5 Å². The van der Waals surface area contributed by atoms with E-state index in [-0.39, 0.29) is 39.2 Å². The van der Waals surface area contributed by atoms with Crippen LogP contribution in [-0.4, -0.2) is 16.0 Å². The van der Waals surface area contributed by atoms with Crippen LogP contribution in [0.5, 0.6) is 5.75 Å². The molecule has 0 atom stereocenters. The molecule has 0 aliphatic heterocycles. The van der Waals surface area contributed by atoms with E-state index in [1.165, 1.54) is 36.4 Å². The fraction of sp³-hybridized carbons (Fsp3) is 0.0435. The highest BCUT2D eigenvalue weighted by molar-refractivity contribution is 6.37. The van der Waals surface area contributed by atoms with Gasteiger partial charge in [0.05, 0.1) is 32.2 Å². The van der Waals surface area contributed by atoms with Gasteiger partial charge in [0.25, 0.3) is 5.69 Å². The first-order valence-corrected chi connectivity index (χ1v) is 9.85. The molecule has 0 heterocycles. The lowest BCUT2D eigenvalue weighted by Gasteiger charge is -2.11. The molecule has 0 radical (unpaired) electrons.